The van der Waals surface area contributed by atoms with Gasteiger partial charge in [-0.05, 0) is 11.6 Å². The van der Waals surface area contributed by atoms with E-state index >= 15 is 0 Å². The van der Waals surface area contributed by atoms with Crippen molar-refractivity contribution in [3.8, 4) is 0 Å². The summed E-state index contributed by atoms with van der Waals surface area (Å²) in [6, 6.07) is 5.67. The molecule has 1 aromatic carbocycles. The first kappa shape index (κ1) is 11.6. The third-order valence-corrected chi connectivity index (χ3v) is 2.67. The van der Waals surface area contributed by atoms with Crippen LogP contribution in [0.25, 0.3) is 0 Å². The summed E-state index contributed by atoms with van der Waals surface area (Å²) in [7, 11) is 0. The molecule has 0 saturated carbocycles. The van der Waals surface area contributed by atoms with Crippen LogP contribution in [0.1, 0.15) is 5.56 Å². The van der Waals surface area contributed by atoms with Crippen LogP contribution in [0.4, 0.5) is 10.1 Å². The van der Waals surface area contributed by atoms with Gasteiger partial charge in [0.1, 0.15) is 5.82 Å². The summed E-state index contributed by atoms with van der Waals surface area (Å²) < 4.78 is 14.4. The highest BCUT2D eigenvalue weighted by atomic mass is 35.5. The lowest BCUT2D eigenvalue weighted by Crippen LogP contribution is -2.23. The maximum atomic E-state index is 13.2. The topological polar surface area (TPSA) is 60.9 Å². The molecule has 0 spiro atoms. The van der Waals surface area contributed by atoms with Crippen molar-refractivity contribution in [1.29, 1.82) is 0 Å². The first-order chi connectivity index (χ1) is 8.08. The fourth-order valence-electron chi connectivity index (χ4n) is 1.40. The molecule has 2 rings (SSSR count). The minimum atomic E-state index is -0.521. The lowest BCUT2D eigenvalue weighted by molar-refractivity contribution is 0.611. The first-order valence-electron chi connectivity index (χ1n) is 4.83. The Morgan fingerprint density at radius 3 is 2.94 bits per heavy atom. The zero-order valence-corrected chi connectivity index (χ0v) is 9.49. The largest absolute Gasteiger partial charge is 0.397 e. The Bertz CT molecular complexity index is 612. The Morgan fingerprint density at radius 1 is 1.47 bits per heavy atom. The number of hydrogen-bond donors (Lipinski definition) is 1. The van der Waals surface area contributed by atoms with Crippen LogP contribution in [0, 0.1) is 5.82 Å². The van der Waals surface area contributed by atoms with Crippen LogP contribution >= 0.6 is 11.6 Å². The Hall–Kier alpha value is -1.88. The van der Waals surface area contributed by atoms with Gasteiger partial charge in [-0.25, -0.2) is 9.07 Å². The molecule has 0 amide bonds. The summed E-state index contributed by atoms with van der Waals surface area (Å²) in [4.78, 5) is 11.5. The highest BCUT2D eigenvalue weighted by Gasteiger charge is 2.07. The average Bonchev–Trinajstić information content (AvgIpc) is 2.28. The van der Waals surface area contributed by atoms with E-state index in [1.807, 2.05) is 0 Å². The van der Waals surface area contributed by atoms with Crippen LogP contribution in [-0.4, -0.2) is 9.78 Å². The minimum Gasteiger partial charge on any atom is -0.397 e. The molecular weight excluding hydrogens is 245 g/mol. The molecule has 2 N–H and O–H groups in total. The molecular formula is C11H9ClFN3O. The molecule has 2 aromatic rings. The molecule has 0 aliphatic heterocycles. The molecule has 6 heteroatoms. The molecule has 0 saturated heterocycles. The number of aromatic nitrogens is 2. The highest BCUT2D eigenvalue weighted by Crippen LogP contribution is 2.19. The number of hydrogen-bond acceptors (Lipinski definition) is 3. The maximum absolute atomic E-state index is 13.2. The smallest absolute Gasteiger partial charge is 0.269 e. The number of rotatable bonds is 2. The number of halogens is 2. The second-order valence-corrected chi connectivity index (χ2v) is 3.88. The minimum absolute atomic E-state index is 0.00183. The molecule has 88 valence electrons. The Labute approximate surface area is 101 Å². The monoisotopic (exact) mass is 253 g/mol. The van der Waals surface area contributed by atoms with Crippen LogP contribution in [0.2, 0.25) is 5.02 Å². The highest BCUT2D eigenvalue weighted by molar-refractivity contribution is 6.31. The summed E-state index contributed by atoms with van der Waals surface area (Å²) in [5.74, 6) is -0.521. The van der Waals surface area contributed by atoms with Gasteiger partial charge in [0.15, 0.2) is 0 Å². The van der Waals surface area contributed by atoms with Gasteiger partial charge in [0.2, 0.25) is 0 Å². The Kier molecular flexibility index (Phi) is 3.10. The van der Waals surface area contributed by atoms with Gasteiger partial charge in [-0.3, -0.25) is 4.79 Å². The zero-order chi connectivity index (χ0) is 12.4. The molecule has 0 aliphatic rings. The van der Waals surface area contributed by atoms with Gasteiger partial charge >= 0.3 is 0 Å². The predicted octanol–water partition coefficient (Wildman–Crippen LogP) is 1.67. The molecule has 0 radical (unpaired) electrons. The molecule has 1 heterocycles. The van der Waals surface area contributed by atoms with Crippen molar-refractivity contribution < 1.29 is 4.39 Å². The van der Waals surface area contributed by atoms with Crippen LogP contribution < -0.4 is 11.3 Å². The van der Waals surface area contributed by atoms with Crippen LogP contribution in [0.3, 0.4) is 0 Å². The fraction of sp³-hybridized carbons (Fsp3) is 0.0909. The number of anilines is 1. The van der Waals surface area contributed by atoms with E-state index in [1.54, 1.807) is 6.07 Å². The van der Waals surface area contributed by atoms with Gasteiger partial charge in [-0.1, -0.05) is 23.7 Å². The number of nitrogen functional groups attached to an aromatic ring is 1. The third-order valence-electron chi connectivity index (χ3n) is 2.24. The quantitative estimate of drug-likeness (QED) is 0.886. The van der Waals surface area contributed by atoms with Crippen LogP contribution in [0.5, 0.6) is 0 Å². The maximum Gasteiger partial charge on any atom is 0.269 e. The van der Waals surface area contributed by atoms with Gasteiger partial charge < -0.3 is 5.73 Å². The van der Waals surface area contributed by atoms with Gasteiger partial charge in [-0.2, -0.15) is 5.10 Å². The van der Waals surface area contributed by atoms with Crippen molar-refractivity contribution in [2.45, 2.75) is 6.54 Å². The van der Waals surface area contributed by atoms with E-state index in [4.69, 9.17) is 17.3 Å². The van der Waals surface area contributed by atoms with E-state index in [1.165, 1.54) is 24.4 Å². The summed E-state index contributed by atoms with van der Waals surface area (Å²) in [6.45, 7) is 0.107. The fourth-order valence-corrected chi connectivity index (χ4v) is 1.58. The third kappa shape index (κ3) is 2.45. The van der Waals surface area contributed by atoms with Crippen molar-refractivity contribution >= 4 is 17.3 Å². The van der Waals surface area contributed by atoms with E-state index in [2.05, 4.69) is 5.10 Å². The van der Waals surface area contributed by atoms with E-state index in [0.29, 0.717) is 5.56 Å². The SMILES string of the molecule is Nc1cnn(Cc2cccc(F)c2Cl)c(=O)c1. The van der Waals surface area contributed by atoms with Gasteiger partial charge in [0, 0.05) is 6.07 Å². The predicted molar refractivity (Wildman–Crippen MR) is 63.4 cm³/mol. The van der Waals surface area contributed by atoms with Gasteiger partial charge in [0.05, 0.1) is 23.5 Å². The summed E-state index contributed by atoms with van der Waals surface area (Å²) in [6.07, 6.45) is 1.36. The molecule has 0 fully saturated rings. The molecule has 4 nitrogen and oxygen atoms in total. The second-order valence-electron chi connectivity index (χ2n) is 3.50. The average molecular weight is 254 g/mol. The Morgan fingerprint density at radius 2 is 2.24 bits per heavy atom. The molecule has 1 aromatic heterocycles. The van der Waals surface area contributed by atoms with Crippen molar-refractivity contribution in [3.05, 3.63) is 57.2 Å². The van der Waals surface area contributed by atoms with Crippen LogP contribution in [0.15, 0.2) is 35.3 Å². The zero-order valence-electron chi connectivity index (χ0n) is 8.73. The van der Waals surface area contributed by atoms with E-state index in [0.717, 1.165) is 4.68 Å². The summed E-state index contributed by atoms with van der Waals surface area (Å²) >= 11 is 5.78. The normalized spacial score (nSPS) is 10.5. The first-order valence-corrected chi connectivity index (χ1v) is 5.21. The lowest BCUT2D eigenvalue weighted by Gasteiger charge is -2.06. The molecule has 0 aliphatic carbocycles. The molecule has 0 unspecified atom stereocenters. The van der Waals surface area contributed by atoms with E-state index in [9.17, 15) is 9.18 Å². The van der Waals surface area contributed by atoms with Crippen molar-refractivity contribution in [2.24, 2.45) is 0 Å². The number of nitrogens with two attached hydrogens (primary N) is 1. The standard InChI is InChI=1S/C11H9ClFN3O/c12-11-7(2-1-3-9(11)13)6-16-10(17)4-8(14)5-15-16/h1-5H,6,14H2. The second kappa shape index (κ2) is 4.55. The van der Waals surface area contributed by atoms with Gasteiger partial charge in [-0.15, -0.1) is 0 Å². The van der Waals surface area contributed by atoms with Crippen LogP contribution in [-0.2, 0) is 6.54 Å². The summed E-state index contributed by atoms with van der Waals surface area (Å²) in [5, 5.41) is 3.84. The van der Waals surface area contributed by atoms with Crippen molar-refractivity contribution in [3.63, 3.8) is 0 Å². The van der Waals surface area contributed by atoms with Crippen molar-refractivity contribution in [1.82, 2.24) is 9.78 Å². The van der Waals surface area contributed by atoms with E-state index in [-0.39, 0.29) is 22.8 Å². The number of benzene rings is 1. The summed E-state index contributed by atoms with van der Waals surface area (Å²) in [5.41, 5.74) is 5.84. The number of nitrogens with zero attached hydrogens (tertiary/aromatic N) is 2. The van der Waals surface area contributed by atoms with Crippen molar-refractivity contribution in [2.75, 3.05) is 5.73 Å². The van der Waals surface area contributed by atoms with E-state index < -0.39 is 5.82 Å². The van der Waals surface area contributed by atoms with Gasteiger partial charge in [0.25, 0.3) is 5.56 Å². The molecule has 0 atom stereocenters. The molecule has 17 heavy (non-hydrogen) atoms. The Balaban J connectivity index is 2.38. The molecule has 0 bridgehead atoms. The lowest BCUT2D eigenvalue weighted by atomic mass is 10.2.